The van der Waals surface area contributed by atoms with Gasteiger partial charge in [0.2, 0.25) is 0 Å². The van der Waals surface area contributed by atoms with Crippen molar-refractivity contribution in [1.29, 1.82) is 0 Å². The predicted octanol–water partition coefficient (Wildman–Crippen LogP) is 2.70. The Morgan fingerprint density at radius 1 is 1.25 bits per heavy atom. The first-order valence-corrected chi connectivity index (χ1v) is 9.27. The lowest BCUT2D eigenvalue weighted by Gasteiger charge is -2.23. The summed E-state index contributed by atoms with van der Waals surface area (Å²) in [6, 6.07) is 8.46. The molecule has 0 aliphatic carbocycles. The zero-order chi connectivity index (χ0) is 17.2. The minimum absolute atomic E-state index is 0.154. The lowest BCUT2D eigenvalue weighted by Crippen LogP contribution is -2.37. The van der Waals surface area contributed by atoms with Crippen LogP contribution in [0.4, 0.5) is 0 Å². The molecule has 2 aliphatic heterocycles. The number of hydrogen-bond donors (Lipinski definition) is 1. The smallest absolute Gasteiger partial charge is 0.253 e. The van der Waals surface area contributed by atoms with Crippen LogP contribution in [0, 0.1) is 0 Å². The van der Waals surface area contributed by atoms with Crippen LogP contribution < -0.4 is 0 Å². The summed E-state index contributed by atoms with van der Waals surface area (Å²) in [5.74, 6) is 0.154. The van der Waals surface area contributed by atoms with Crippen molar-refractivity contribution < 1.29 is 9.90 Å². The number of amides is 1. The van der Waals surface area contributed by atoms with Crippen LogP contribution in [-0.2, 0) is 6.42 Å². The lowest BCUT2D eigenvalue weighted by molar-refractivity contribution is 0.0714. The molecule has 2 heterocycles. The van der Waals surface area contributed by atoms with Gasteiger partial charge in [0.1, 0.15) is 0 Å². The third-order valence-electron chi connectivity index (χ3n) is 5.31. The zero-order valence-electron chi connectivity index (χ0n) is 15.0. The maximum absolute atomic E-state index is 12.8. The fourth-order valence-corrected chi connectivity index (χ4v) is 3.82. The van der Waals surface area contributed by atoms with Crippen molar-refractivity contribution in [1.82, 2.24) is 9.80 Å². The highest BCUT2D eigenvalue weighted by atomic mass is 16.3. The van der Waals surface area contributed by atoms with E-state index >= 15 is 0 Å². The molecule has 0 radical (unpaired) electrons. The predicted molar refractivity (Wildman–Crippen MR) is 96.2 cm³/mol. The molecule has 2 saturated heterocycles. The summed E-state index contributed by atoms with van der Waals surface area (Å²) < 4.78 is 0. The molecule has 2 aliphatic rings. The van der Waals surface area contributed by atoms with E-state index in [9.17, 15) is 9.90 Å². The Morgan fingerprint density at radius 3 is 2.71 bits per heavy atom. The van der Waals surface area contributed by atoms with E-state index in [1.54, 1.807) is 0 Å². The second-order valence-corrected chi connectivity index (χ2v) is 7.95. The standard InChI is InChI=1S/C20H30N2O2/c1-20(2,24)10-8-16-6-5-7-17(14-16)19(23)22-13-9-18(15-22)21-11-3-4-12-21/h5-7,14,18,24H,3-4,8-13,15H2,1-2H3/t18-/m1/s1. The van der Waals surface area contributed by atoms with Crippen LogP contribution in [0.5, 0.6) is 0 Å². The minimum atomic E-state index is -0.669. The van der Waals surface area contributed by atoms with Crippen molar-refractivity contribution in [2.24, 2.45) is 0 Å². The fraction of sp³-hybridized carbons (Fsp3) is 0.650. The highest BCUT2D eigenvalue weighted by molar-refractivity contribution is 5.94. The molecule has 1 atom stereocenters. The Kier molecular flexibility index (Phi) is 5.26. The van der Waals surface area contributed by atoms with Crippen LogP contribution in [0.1, 0.15) is 55.5 Å². The minimum Gasteiger partial charge on any atom is -0.390 e. The van der Waals surface area contributed by atoms with Crippen molar-refractivity contribution in [3.05, 3.63) is 35.4 Å². The van der Waals surface area contributed by atoms with E-state index in [0.29, 0.717) is 12.5 Å². The van der Waals surface area contributed by atoms with Crippen molar-refractivity contribution in [3.8, 4) is 0 Å². The molecule has 4 heteroatoms. The van der Waals surface area contributed by atoms with Gasteiger partial charge in [-0.15, -0.1) is 0 Å². The van der Waals surface area contributed by atoms with Gasteiger partial charge in [0, 0.05) is 24.7 Å². The number of benzene rings is 1. The van der Waals surface area contributed by atoms with E-state index in [-0.39, 0.29) is 5.91 Å². The first-order chi connectivity index (χ1) is 11.4. The summed E-state index contributed by atoms with van der Waals surface area (Å²) in [6.07, 6.45) is 5.19. The van der Waals surface area contributed by atoms with Crippen LogP contribution in [0.2, 0.25) is 0 Å². The van der Waals surface area contributed by atoms with Crippen LogP contribution in [0.25, 0.3) is 0 Å². The quantitative estimate of drug-likeness (QED) is 0.903. The molecule has 2 fully saturated rings. The molecule has 0 saturated carbocycles. The molecular weight excluding hydrogens is 300 g/mol. The molecular formula is C20H30N2O2. The molecule has 1 aromatic carbocycles. The van der Waals surface area contributed by atoms with E-state index in [1.807, 2.05) is 43.0 Å². The van der Waals surface area contributed by atoms with Gasteiger partial charge in [-0.1, -0.05) is 12.1 Å². The SMILES string of the molecule is CC(C)(O)CCc1cccc(C(=O)N2CC[C@@H](N3CCCC3)C2)c1. The fourth-order valence-electron chi connectivity index (χ4n) is 3.82. The largest absolute Gasteiger partial charge is 0.390 e. The lowest BCUT2D eigenvalue weighted by atomic mass is 9.98. The Labute approximate surface area is 145 Å². The summed E-state index contributed by atoms with van der Waals surface area (Å²) in [5.41, 5.74) is 1.24. The second-order valence-electron chi connectivity index (χ2n) is 7.95. The van der Waals surface area contributed by atoms with Gasteiger partial charge >= 0.3 is 0 Å². The normalized spacial score (nSPS) is 22.3. The van der Waals surface area contributed by atoms with E-state index < -0.39 is 5.60 Å². The van der Waals surface area contributed by atoms with Gasteiger partial charge in [0.15, 0.2) is 0 Å². The molecule has 1 N–H and O–H groups in total. The average Bonchev–Trinajstić information content (AvgIpc) is 3.22. The Bertz CT molecular complexity index is 573. The molecule has 24 heavy (non-hydrogen) atoms. The van der Waals surface area contributed by atoms with Gasteiger partial charge < -0.3 is 10.0 Å². The van der Waals surface area contributed by atoms with Gasteiger partial charge in [-0.3, -0.25) is 9.69 Å². The van der Waals surface area contributed by atoms with Gasteiger partial charge in [-0.25, -0.2) is 0 Å². The third-order valence-corrected chi connectivity index (χ3v) is 5.31. The van der Waals surface area contributed by atoms with Gasteiger partial charge in [0.05, 0.1) is 5.60 Å². The number of aryl methyl sites for hydroxylation is 1. The zero-order valence-corrected chi connectivity index (χ0v) is 15.0. The van der Waals surface area contributed by atoms with Crippen LogP contribution in [-0.4, -0.2) is 58.6 Å². The topological polar surface area (TPSA) is 43.8 Å². The maximum atomic E-state index is 12.8. The van der Waals surface area contributed by atoms with Crippen molar-refractivity contribution in [2.75, 3.05) is 26.2 Å². The molecule has 0 unspecified atom stereocenters. The highest BCUT2D eigenvalue weighted by Crippen LogP contribution is 2.22. The van der Waals surface area contributed by atoms with E-state index in [2.05, 4.69) is 4.90 Å². The number of likely N-dealkylation sites (tertiary alicyclic amines) is 2. The molecule has 0 spiro atoms. The molecule has 0 aromatic heterocycles. The summed E-state index contributed by atoms with van der Waals surface area (Å²) >= 11 is 0. The van der Waals surface area contributed by atoms with Gasteiger partial charge in [-0.05, 0) is 76.7 Å². The van der Waals surface area contributed by atoms with Gasteiger partial charge in [0.25, 0.3) is 5.91 Å². The number of nitrogens with zero attached hydrogens (tertiary/aromatic N) is 2. The maximum Gasteiger partial charge on any atom is 0.253 e. The summed E-state index contributed by atoms with van der Waals surface area (Å²) in [6.45, 7) is 7.77. The van der Waals surface area contributed by atoms with E-state index in [1.165, 1.54) is 25.9 Å². The number of carbonyl (C=O) groups is 1. The van der Waals surface area contributed by atoms with E-state index in [4.69, 9.17) is 0 Å². The molecule has 0 bridgehead atoms. The van der Waals surface area contributed by atoms with E-state index in [0.717, 1.165) is 37.1 Å². The molecule has 132 valence electrons. The van der Waals surface area contributed by atoms with Crippen molar-refractivity contribution in [3.63, 3.8) is 0 Å². The molecule has 1 amide bonds. The molecule has 4 nitrogen and oxygen atoms in total. The molecule has 3 rings (SSSR count). The number of hydrogen-bond acceptors (Lipinski definition) is 3. The van der Waals surface area contributed by atoms with Crippen LogP contribution in [0.15, 0.2) is 24.3 Å². The number of carbonyl (C=O) groups excluding carboxylic acids is 1. The average molecular weight is 330 g/mol. The molecule has 1 aromatic rings. The summed E-state index contributed by atoms with van der Waals surface area (Å²) in [7, 11) is 0. The monoisotopic (exact) mass is 330 g/mol. The van der Waals surface area contributed by atoms with Crippen LogP contribution in [0.3, 0.4) is 0 Å². The second kappa shape index (κ2) is 7.24. The van der Waals surface area contributed by atoms with Crippen LogP contribution >= 0.6 is 0 Å². The number of rotatable bonds is 5. The third kappa shape index (κ3) is 4.37. The Morgan fingerprint density at radius 2 is 2.00 bits per heavy atom. The summed E-state index contributed by atoms with van der Waals surface area (Å²) in [4.78, 5) is 17.4. The summed E-state index contributed by atoms with van der Waals surface area (Å²) in [5, 5.41) is 9.88. The first kappa shape index (κ1) is 17.4. The Balaban J connectivity index is 1.60. The highest BCUT2D eigenvalue weighted by Gasteiger charge is 2.31. The van der Waals surface area contributed by atoms with Crippen molar-refractivity contribution in [2.45, 2.75) is 57.6 Å². The van der Waals surface area contributed by atoms with Gasteiger partial charge in [-0.2, -0.15) is 0 Å². The first-order valence-electron chi connectivity index (χ1n) is 9.27. The van der Waals surface area contributed by atoms with Crippen molar-refractivity contribution >= 4 is 5.91 Å². The Hall–Kier alpha value is -1.39. The number of aliphatic hydroxyl groups is 1.